The first-order valence-electron chi connectivity index (χ1n) is 10.3. The van der Waals surface area contributed by atoms with Crippen molar-refractivity contribution in [3.05, 3.63) is 59.7 Å². The molecule has 2 aliphatic heterocycles. The van der Waals surface area contributed by atoms with E-state index < -0.39 is 0 Å². The molecule has 29 heavy (non-hydrogen) atoms. The van der Waals surface area contributed by atoms with Gasteiger partial charge in [-0.1, -0.05) is 24.3 Å². The second-order valence-corrected chi connectivity index (χ2v) is 8.80. The zero-order chi connectivity index (χ0) is 20.2. The summed E-state index contributed by atoms with van der Waals surface area (Å²) in [5, 5.41) is 12.8. The Morgan fingerprint density at radius 1 is 1.14 bits per heavy atom. The van der Waals surface area contributed by atoms with E-state index in [0.717, 1.165) is 24.2 Å². The van der Waals surface area contributed by atoms with Gasteiger partial charge in [0.1, 0.15) is 17.6 Å². The maximum Gasteiger partial charge on any atom is 0.186 e. The fourth-order valence-corrected chi connectivity index (χ4v) is 5.08. The number of fused-ring (bicyclic) bond motifs is 5. The van der Waals surface area contributed by atoms with Crippen LogP contribution in [0.1, 0.15) is 50.8 Å². The Morgan fingerprint density at radius 3 is 2.69 bits per heavy atom. The molecule has 0 spiro atoms. The van der Waals surface area contributed by atoms with Gasteiger partial charge in [0.15, 0.2) is 6.79 Å². The van der Waals surface area contributed by atoms with Gasteiger partial charge < -0.3 is 19.9 Å². The molecule has 0 saturated heterocycles. The summed E-state index contributed by atoms with van der Waals surface area (Å²) >= 11 is 0. The molecule has 2 N–H and O–H groups in total. The predicted molar refractivity (Wildman–Crippen MR) is 116 cm³/mol. The highest BCUT2D eigenvalue weighted by Gasteiger charge is 2.37. The number of benzene rings is 2. The van der Waals surface area contributed by atoms with E-state index in [0.29, 0.717) is 11.7 Å². The normalized spacial score (nSPS) is 21.4. The maximum atomic E-state index is 9.17. The van der Waals surface area contributed by atoms with E-state index in [1.807, 2.05) is 18.2 Å². The monoisotopic (exact) mass is 389 g/mol. The van der Waals surface area contributed by atoms with E-state index >= 15 is 0 Å². The Labute approximate surface area is 171 Å². The Kier molecular flexibility index (Phi) is 4.21. The molecule has 4 nitrogen and oxygen atoms in total. The van der Waals surface area contributed by atoms with Gasteiger partial charge in [0, 0.05) is 28.3 Å². The van der Waals surface area contributed by atoms with Crippen LogP contribution in [0.25, 0.3) is 16.7 Å². The predicted octanol–water partition coefficient (Wildman–Crippen LogP) is 5.69. The number of rotatable bonds is 3. The summed E-state index contributed by atoms with van der Waals surface area (Å²) in [4.78, 5) is 0. The Hall–Kier alpha value is -2.72. The number of hydrogen-bond donors (Lipinski definition) is 2. The summed E-state index contributed by atoms with van der Waals surface area (Å²) in [6.45, 7) is 6.25. The summed E-state index contributed by atoms with van der Waals surface area (Å²) in [5.41, 5.74) is 7.11. The number of aliphatic hydroxyl groups is 1. The smallest absolute Gasteiger partial charge is 0.186 e. The van der Waals surface area contributed by atoms with E-state index in [1.165, 1.54) is 28.0 Å². The summed E-state index contributed by atoms with van der Waals surface area (Å²) in [5.74, 6) is 1.96. The largest absolute Gasteiger partial charge is 0.485 e. The van der Waals surface area contributed by atoms with Crippen molar-refractivity contribution in [3.8, 4) is 22.6 Å². The van der Waals surface area contributed by atoms with Gasteiger partial charge in [-0.25, -0.2) is 0 Å². The Morgan fingerprint density at radius 2 is 1.93 bits per heavy atom. The summed E-state index contributed by atoms with van der Waals surface area (Å²) in [6.07, 6.45) is 8.92. The van der Waals surface area contributed by atoms with Gasteiger partial charge in [-0.15, -0.1) is 0 Å². The van der Waals surface area contributed by atoms with Gasteiger partial charge in [-0.3, -0.25) is 0 Å². The number of allylic oxidation sites excluding steroid dienone is 3. The molecule has 2 aromatic carbocycles. The van der Waals surface area contributed by atoms with Crippen molar-refractivity contribution in [1.29, 1.82) is 0 Å². The van der Waals surface area contributed by atoms with Crippen molar-refractivity contribution in [2.45, 2.75) is 45.3 Å². The lowest BCUT2D eigenvalue weighted by molar-refractivity contribution is 0.0981. The molecule has 0 aromatic heterocycles. The van der Waals surface area contributed by atoms with Crippen LogP contribution in [0.2, 0.25) is 0 Å². The van der Waals surface area contributed by atoms with Gasteiger partial charge in [0.25, 0.3) is 0 Å². The number of nitrogens with one attached hydrogen (secondary N) is 1. The van der Waals surface area contributed by atoms with Crippen LogP contribution < -0.4 is 14.8 Å². The molecular weight excluding hydrogens is 362 g/mol. The highest BCUT2D eigenvalue weighted by atomic mass is 16.6. The molecular formula is C25H27NO3. The van der Waals surface area contributed by atoms with Crippen LogP contribution in [0.5, 0.6) is 11.5 Å². The third-order valence-corrected chi connectivity index (χ3v) is 6.16. The van der Waals surface area contributed by atoms with Crippen molar-refractivity contribution < 1.29 is 14.6 Å². The minimum atomic E-state index is -0.339. The lowest BCUT2D eigenvalue weighted by Gasteiger charge is -2.38. The minimum Gasteiger partial charge on any atom is -0.485 e. The molecule has 0 unspecified atom stereocenters. The number of aliphatic hydroxyl groups excluding tert-OH is 1. The van der Waals surface area contributed by atoms with Crippen LogP contribution in [0.3, 0.4) is 0 Å². The number of ether oxygens (including phenoxy) is 2. The van der Waals surface area contributed by atoms with Crippen molar-refractivity contribution in [2.24, 2.45) is 5.92 Å². The van der Waals surface area contributed by atoms with E-state index in [9.17, 15) is 5.11 Å². The lowest BCUT2D eigenvalue weighted by atomic mass is 9.78. The van der Waals surface area contributed by atoms with E-state index in [2.05, 4.69) is 56.4 Å². The fourth-order valence-electron chi connectivity index (χ4n) is 5.08. The molecule has 5 rings (SSSR count). The third kappa shape index (κ3) is 3.03. The molecule has 0 saturated carbocycles. The van der Waals surface area contributed by atoms with E-state index in [1.54, 1.807) is 0 Å². The highest BCUT2D eigenvalue weighted by Crippen LogP contribution is 2.53. The van der Waals surface area contributed by atoms with Crippen molar-refractivity contribution in [3.63, 3.8) is 0 Å². The van der Waals surface area contributed by atoms with Crippen molar-refractivity contribution in [1.82, 2.24) is 0 Å². The third-order valence-electron chi connectivity index (χ3n) is 6.16. The highest BCUT2D eigenvalue weighted by molar-refractivity contribution is 5.90. The molecule has 1 aliphatic carbocycles. The van der Waals surface area contributed by atoms with Gasteiger partial charge in [0.2, 0.25) is 0 Å². The first kappa shape index (κ1) is 18.3. The second-order valence-electron chi connectivity index (χ2n) is 8.80. The van der Waals surface area contributed by atoms with Crippen LogP contribution >= 0.6 is 0 Å². The Balaban J connectivity index is 1.73. The molecule has 150 valence electrons. The summed E-state index contributed by atoms with van der Waals surface area (Å²) < 4.78 is 12.0. The SMILES string of the molecule is CC1=CC(C)(C)Nc2ccc3c(c21)[C@@H](C1CC=CC1)Oc1ccc(OCO)cc1-3. The van der Waals surface area contributed by atoms with Crippen LogP contribution in [0.15, 0.2) is 48.6 Å². The topological polar surface area (TPSA) is 50.7 Å². The molecule has 2 aromatic rings. The average molecular weight is 389 g/mol. The molecule has 0 fully saturated rings. The molecule has 3 aliphatic rings. The van der Waals surface area contributed by atoms with Crippen LogP contribution in [0, 0.1) is 5.92 Å². The molecule has 2 heterocycles. The van der Waals surface area contributed by atoms with E-state index in [-0.39, 0.29) is 18.4 Å². The lowest BCUT2D eigenvalue weighted by Crippen LogP contribution is -2.33. The second kappa shape index (κ2) is 6.67. The first-order chi connectivity index (χ1) is 14.0. The maximum absolute atomic E-state index is 9.17. The number of hydrogen-bond acceptors (Lipinski definition) is 4. The molecule has 4 heteroatoms. The standard InChI is InChI=1S/C25H27NO3/c1-15-13-25(2,3)26-20-10-9-18-19-12-17(28-14-27)8-11-21(19)29-24(23(18)22(15)20)16-6-4-5-7-16/h4-5,8-13,16,24,26-27H,6-7,14H2,1-3H3/t24-/m1/s1. The van der Waals surface area contributed by atoms with Crippen LogP contribution in [-0.2, 0) is 0 Å². The molecule has 0 amide bonds. The van der Waals surface area contributed by atoms with E-state index in [4.69, 9.17) is 9.47 Å². The first-order valence-corrected chi connectivity index (χ1v) is 10.3. The molecule has 0 bridgehead atoms. The molecule has 1 atom stereocenters. The van der Waals surface area contributed by atoms with Gasteiger partial charge in [-0.05, 0) is 69.0 Å². The fraction of sp³-hybridized carbons (Fsp3) is 0.360. The van der Waals surface area contributed by atoms with Crippen molar-refractivity contribution >= 4 is 11.3 Å². The number of anilines is 1. The van der Waals surface area contributed by atoms with Gasteiger partial charge >= 0.3 is 0 Å². The zero-order valence-corrected chi connectivity index (χ0v) is 17.2. The summed E-state index contributed by atoms with van der Waals surface area (Å²) in [7, 11) is 0. The van der Waals surface area contributed by atoms with Crippen LogP contribution in [0.4, 0.5) is 5.69 Å². The molecule has 0 radical (unpaired) electrons. The van der Waals surface area contributed by atoms with Gasteiger partial charge in [-0.2, -0.15) is 0 Å². The average Bonchev–Trinajstić information content (AvgIpc) is 3.20. The van der Waals surface area contributed by atoms with Gasteiger partial charge in [0.05, 0.1) is 5.54 Å². The zero-order valence-electron chi connectivity index (χ0n) is 17.2. The minimum absolute atomic E-state index is 0.0124. The quantitative estimate of drug-likeness (QED) is 0.523. The summed E-state index contributed by atoms with van der Waals surface area (Å²) in [6, 6.07) is 10.2. The Bertz CT molecular complexity index is 1030. The van der Waals surface area contributed by atoms with Crippen LogP contribution in [-0.4, -0.2) is 17.4 Å². The van der Waals surface area contributed by atoms with Crippen molar-refractivity contribution in [2.75, 3.05) is 12.1 Å².